The Kier molecular flexibility index (Phi) is 7.33. The van der Waals surface area contributed by atoms with E-state index in [0.717, 1.165) is 32.5 Å². The highest BCUT2D eigenvalue weighted by molar-refractivity contribution is 6.39. The molecule has 0 saturated carbocycles. The summed E-state index contributed by atoms with van der Waals surface area (Å²) in [5.41, 5.74) is 5.73. The van der Waals surface area contributed by atoms with Gasteiger partial charge in [0, 0.05) is 31.5 Å². The lowest BCUT2D eigenvalue weighted by atomic mass is 9.96. The number of hydrogen-bond donors (Lipinski definition) is 2. The fourth-order valence-electron chi connectivity index (χ4n) is 4.93. The van der Waals surface area contributed by atoms with Gasteiger partial charge in [-0.3, -0.25) is 14.5 Å². The maximum Gasteiger partial charge on any atom is 0.313 e. The Labute approximate surface area is 197 Å². The number of carbonyl (C=O) groups excluding carboxylic acids is 2. The zero-order chi connectivity index (χ0) is 23.4. The smallest absolute Gasteiger partial charge is 0.313 e. The Morgan fingerprint density at radius 3 is 2.30 bits per heavy atom. The van der Waals surface area contributed by atoms with Crippen LogP contribution in [0.2, 0.25) is 0 Å². The normalized spacial score (nSPS) is 17.0. The molecule has 1 atom stereocenters. The van der Waals surface area contributed by atoms with Gasteiger partial charge < -0.3 is 15.5 Å². The first-order valence-electron chi connectivity index (χ1n) is 12.2. The first-order chi connectivity index (χ1) is 15.9. The van der Waals surface area contributed by atoms with Gasteiger partial charge in [-0.25, -0.2) is 0 Å². The third-order valence-corrected chi connectivity index (χ3v) is 6.92. The minimum absolute atomic E-state index is 0.0760. The lowest BCUT2D eigenvalue weighted by Gasteiger charge is -2.31. The van der Waals surface area contributed by atoms with Gasteiger partial charge in [0.25, 0.3) is 0 Å². The largest absolute Gasteiger partial charge is 0.374 e. The molecule has 6 nitrogen and oxygen atoms in total. The molecule has 2 aliphatic heterocycles. The van der Waals surface area contributed by atoms with E-state index in [2.05, 4.69) is 59.5 Å². The zero-order valence-corrected chi connectivity index (χ0v) is 20.1. The monoisotopic (exact) mass is 448 g/mol. The van der Waals surface area contributed by atoms with Crippen LogP contribution in [0.1, 0.15) is 61.8 Å². The third kappa shape index (κ3) is 5.56. The van der Waals surface area contributed by atoms with Gasteiger partial charge in [-0.2, -0.15) is 0 Å². The lowest BCUT2D eigenvalue weighted by molar-refractivity contribution is -0.136. The molecule has 6 heteroatoms. The van der Waals surface area contributed by atoms with Crippen LogP contribution in [0.3, 0.4) is 0 Å². The van der Waals surface area contributed by atoms with E-state index in [4.69, 9.17) is 0 Å². The second-order valence-electron chi connectivity index (χ2n) is 9.61. The summed E-state index contributed by atoms with van der Waals surface area (Å²) in [5.74, 6) is -0.797. The first kappa shape index (κ1) is 23.3. The van der Waals surface area contributed by atoms with Gasteiger partial charge in [-0.15, -0.1) is 0 Å². The number of rotatable bonds is 6. The fraction of sp³-hybridized carbons (Fsp3) is 0.481. The topological polar surface area (TPSA) is 64.7 Å². The Morgan fingerprint density at radius 1 is 0.909 bits per heavy atom. The molecule has 1 saturated heterocycles. The highest BCUT2D eigenvalue weighted by atomic mass is 16.2. The van der Waals surface area contributed by atoms with Gasteiger partial charge in [0.2, 0.25) is 0 Å². The van der Waals surface area contributed by atoms with Crippen molar-refractivity contribution >= 4 is 23.2 Å². The van der Waals surface area contributed by atoms with Crippen molar-refractivity contribution in [3.05, 3.63) is 59.2 Å². The Hall–Kier alpha value is -2.86. The molecule has 0 radical (unpaired) electrons. The summed E-state index contributed by atoms with van der Waals surface area (Å²) >= 11 is 0. The molecule has 4 rings (SSSR count). The molecule has 0 unspecified atom stereocenters. The van der Waals surface area contributed by atoms with Crippen molar-refractivity contribution in [3.8, 4) is 0 Å². The van der Waals surface area contributed by atoms with Crippen LogP contribution in [0.5, 0.6) is 0 Å². The summed E-state index contributed by atoms with van der Waals surface area (Å²) in [4.78, 5) is 29.8. The molecule has 2 aromatic carbocycles. The molecule has 1 fully saturated rings. The average Bonchev–Trinajstić information content (AvgIpc) is 3.34. The standard InChI is InChI=1S/C27H36N4O2/c1-19(2)20-8-11-23(12-9-20)29-27(33)26(32)28-18-25(31-15-4-5-16-31)22-10-13-24-21(17-22)7-6-14-30(24)3/h8-13,17,19,25H,4-7,14-16,18H2,1-3H3,(H,28,32)(H,29,33)/t25-/m0/s1. The zero-order valence-electron chi connectivity index (χ0n) is 20.1. The van der Waals surface area contributed by atoms with Crippen LogP contribution in [-0.4, -0.2) is 49.9 Å². The van der Waals surface area contributed by atoms with Gasteiger partial charge in [-0.1, -0.05) is 38.1 Å². The minimum atomic E-state index is -0.625. The molecule has 0 aliphatic carbocycles. The minimum Gasteiger partial charge on any atom is -0.374 e. The Bertz CT molecular complexity index is 980. The molecular formula is C27H36N4O2. The SMILES string of the molecule is CC(C)c1ccc(NC(=O)C(=O)NC[C@@H](c2ccc3c(c2)CCCN3C)N2CCCC2)cc1. The molecule has 2 aliphatic rings. The van der Waals surface area contributed by atoms with E-state index in [1.54, 1.807) is 0 Å². The molecule has 2 heterocycles. The summed E-state index contributed by atoms with van der Waals surface area (Å²) in [7, 11) is 2.14. The van der Waals surface area contributed by atoms with Crippen LogP contribution in [0, 0.1) is 0 Å². The van der Waals surface area contributed by atoms with Crippen molar-refractivity contribution in [3.63, 3.8) is 0 Å². The van der Waals surface area contributed by atoms with Crippen molar-refractivity contribution in [2.24, 2.45) is 0 Å². The Morgan fingerprint density at radius 2 is 1.61 bits per heavy atom. The maximum absolute atomic E-state index is 12.6. The second-order valence-corrected chi connectivity index (χ2v) is 9.61. The molecule has 0 aromatic heterocycles. The van der Waals surface area contributed by atoms with Crippen molar-refractivity contribution in [1.29, 1.82) is 0 Å². The van der Waals surface area contributed by atoms with Gasteiger partial charge >= 0.3 is 11.8 Å². The van der Waals surface area contributed by atoms with Gasteiger partial charge in [0.1, 0.15) is 0 Å². The molecule has 0 bridgehead atoms. The molecular weight excluding hydrogens is 412 g/mol. The average molecular weight is 449 g/mol. The van der Waals surface area contributed by atoms with E-state index in [0.29, 0.717) is 18.2 Å². The molecule has 0 spiro atoms. The molecule has 2 aromatic rings. The number of aryl methyl sites for hydroxylation is 1. The van der Waals surface area contributed by atoms with Crippen LogP contribution in [0.15, 0.2) is 42.5 Å². The molecule has 33 heavy (non-hydrogen) atoms. The van der Waals surface area contributed by atoms with E-state index in [1.165, 1.54) is 35.2 Å². The number of fused-ring (bicyclic) bond motifs is 1. The number of nitrogens with zero attached hydrogens (tertiary/aromatic N) is 2. The summed E-state index contributed by atoms with van der Waals surface area (Å²) < 4.78 is 0. The fourth-order valence-corrected chi connectivity index (χ4v) is 4.93. The predicted octanol–water partition coefficient (Wildman–Crippen LogP) is 4.08. The lowest BCUT2D eigenvalue weighted by Crippen LogP contribution is -2.41. The van der Waals surface area contributed by atoms with Gasteiger partial charge in [-0.05, 0) is 79.6 Å². The van der Waals surface area contributed by atoms with E-state index in [9.17, 15) is 9.59 Å². The summed E-state index contributed by atoms with van der Waals surface area (Å²) in [6.45, 7) is 7.80. The van der Waals surface area contributed by atoms with Crippen LogP contribution in [0.4, 0.5) is 11.4 Å². The van der Waals surface area contributed by atoms with Crippen molar-refractivity contribution < 1.29 is 9.59 Å². The molecule has 2 N–H and O–H groups in total. The third-order valence-electron chi connectivity index (χ3n) is 6.92. The summed E-state index contributed by atoms with van der Waals surface area (Å²) in [6, 6.07) is 14.4. The molecule has 2 amide bonds. The number of carbonyl (C=O) groups is 2. The number of nitrogens with one attached hydrogen (secondary N) is 2. The van der Waals surface area contributed by atoms with Crippen LogP contribution in [-0.2, 0) is 16.0 Å². The van der Waals surface area contributed by atoms with Crippen LogP contribution >= 0.6 is 0 Å². The number of likely N-dealkylation sites (tertiary alicyclic amines) is 1. The van der Waals surface area contributed by atoms with E-state index >= 15 is 0 Å². The van der Waals surface area contributed by atoms with E-state index < -0.39 is 11.8 Å². The van der Waals surface area contributed by atoms with Crippen molar-refractivity contribution in [1.82, 2.24) is 10.2 Å². The number of benzene rings is 2. The number of anilines is 2. The maximum atomic E-state index is 12.6. The predicted molar refractivity (Wildman–Crippen MR) is 134 cm³/mol. The number of amides is 2. The Balaban J connectivity index is 1.42. The van der Waals surface area contributed by atoms with E-state index in [1.807, 2.05) is 24.3 Å². The van der Waals surface area contributed by atoms with Crippen molar-refractivity contribution in [2.45, 2.75) is 51.5 Å². The second kappa shape index (κ2) is 10.4. The quantitative estimate of drug-likeness (QED) is 0.654. The van der Waals surface area contributed by atoms with E-state index in [-0.39, 0.29) is 6.04 Å². The first-order valence-corrected chi connectivity index (χ1v) is 12.2. The van der Waals surface area contributed by atoms with Crippen LogP contribution in [0.25, 0.3) is 0 Å². The summed E-state index contributed by atoms with van der Waals surface area (Å²) in [6.07, 6.45) is 4.59. The number of hydrogen-bond acceptors (Lipinski definition) is 4. The van der Waals surface area contributed by atoms with Gasteiger partial charge in [0.15, 0.2) is 0 Å². The van der Waals surface area contributed by atoms with Crippen molar-refractivity contribution in [2.75, 3.05) is 43.4 Å². The van der Waals surface area contributed by atoms with Crippen LogP contribution < -0.4 is 15.5 Å². The van der Waals surface area contributed by atoms with Gasteiger partial charge in [0.05, 0.1) is 6.04 Å². The highest BCUT2D eigenvalue weighted by Gasteiger charge is 2.26. The highest BCUT2D eigenvalue weighted by Crippen LogP contribution is 2.31. The summed E-state index contributed by atoms with van der Waals surface area (Å²) in [5, 5.41) is 5.61. The molecule has 176 valence electrons.